The number of alkyl halides is 5. The number of halogens is 6. The molecule has 1 unspecified atom stereocenters. The second-order valence-corrected chi connectivity index (χ2v) is 9.73. The molecule has 0 N–H and O–H groups in total. The van der Waals surface area contributed by atoms with E-state index in [1.54, 1.807) is 0 Å². The molecule has 1 saturated carbocycles. The Kier molecular flexibility index (Phi) is 6.53. The van der Waals surface area contributed by atoms with Gasteiger partial charge in [-0.15, -0.1) is 5.10 Å². The van der Waals surface area contributed by atoms with E-state index in [1.165, 1.54) is 6.07 Å². The maximum absolute atomic E-state index is 13.8. The fourth-order valence-electron chi connectivity index (χ4n) is 3.46. The van der Waals surface area contributed by atoms with Crippen molar-refractivity contribution >= 4 is 32.3 Å². The summed E-state index contributed by atoms with van der Waals surface area (Å²) in [5.41, 5.74) is -2.04. The fourth-order valence-corrected chi connectivity index (χ4v) is 4.34. The predicted molar refractivity (Wildman–Crippen MR) is 105 cm³/mol. The summed E-state index contributed by atoms with van der Waals surface area (Å²) in [5, 5.41) is 2.77. The van der Waals surface area contributed by atoms with Crippen LogP contribution in [0.5, 0.6) is 5.88 Å². The lowest BCUT2D eigenvalue weighted by molar-refractivity contribution is -0.138. The number of nitrogens with zero attached hydrogens (tertiary/aromatic N) is 4. The Labute approximate surface area is 185 Å². The third-order valence-corrected chi connectivity index (χ3v) is 6.10. The number of methoxy groups -OCH3 is 1. The number of aromatic nitrogens is 3. The van der Waals surface area contributed by atoms with Crippen molar-refractivity contribution in [2.24, 2.45) is 10.9 Å². The van der Waals surface area contributed by atoms with E-state index < -0.39 is 56.6 Å². The summed E-state index contributed by atoms with van der Waals surface area (Å²) in [7, 11) is -2.72. The zero-order chi connectivity index (χ0) is 23.9. The first-order valence-corrected chi connectivity index (χ1v) is 11.5. The lowest BCUT2D eigenvalue weighted by Crippen LogP contribution is -2.18. The second-order valence-electron chi connectivity index (χ2n) is 7.40. The van der Waals surface area contributed by atoms with Gasteiger partial charge in [0.05, 0.1) is 12.8 Å². The molecule has 0 saturated heterocycles. The predicted octanol–water partition coefficient (Wildman–Crippen LogP) is 4.46. The molecule has 2 heterocycles. The van der Waals surface area contributed by atoms with Crippen LogP contribution in [-0.2, 0) is 22.6 Å². The lowest BCUT2D eigenvalue weighted by atomic mass is 10.1. The van der Waals surface area contributed by atoms with Gasteiger partial charge < -0.3 is 4.74 Å². The molecule has 0 amide bonds. The van der Waals surface area contributed by atoms with E-state index in [-0.39, 0.29) is 30.1 Å². The molecule has 0 aromatic carbocycles. The molecular weight excluding hydrogens is 483 g/mol. The van der Waals surface area contributed by atoms with Crippen molar-refractivity contribution in [3.8, 4) is 5.88 Å². The highest BCUT2D eigenvalue weighted by atomic mass is 35.5. The quantitative estimate of drug-likeness (QED) is 0.432. The molecule has 0 aliphatic heterocycles. The van der Waals surface area contributed by atoms with Crippen LogP contribution in [0.4, 0.5) is 27.6 Å². The molecule has 14 heteroatoms. The normalized spacial score (nSPS) is 19.4. The number of pyridine rings is 1. The van der Waals surface area contributed by atoms with Crippen LogP contribution in [-0.4, -0.2) is 47.6 Å². The average Bonchev–Trinajstić information content (AvgIpc) is 3.20. The van der Waals surface area contributed by atoms with Crippen molar-refractivity contribution in [2.75, 3.05) is 13.4 Å². The summed E-state index contributed by atoms with van der Waals surface area (Å²) >= 11 is 6.15. The maximum Gasteiger partial charge on any atom is 0.423 e. The minimum Gasteiger partial charge on any atom is -0.479 e. The smallest absolute Gasteiger partial charge is 0.423 e. The van der Waals surface area contributed by atoms with E-state index in [4.69, 9.17) is 16.3 Å². The maximum atomic E-state index is 13.8. The number of aliphatic imine (C=N–C) groups is 1. The van der Waals surface area contributed by atoms with Crippen LogP contribution in [0.3, 0.4) is 0 Å². The van der Waals surface area contributed by atoms with Gasteiger partial charge in [-0.25, -0.2) is 27.2 Å². The van der Waals surface area contributed by atoms with E-state index in [0.717, 1.165) is 30.3 Å². The van der Waals surface area contributed by atoms with E-state index in [0.29, 0.717) is 0 Å². The number of ether oxygens (including phenoxy) is 1. The summed E-state index contributed by atoms with van der Waals surface area (Å²) in [4.78, 5) is 7.58. The Morgan fingerprint density at radius 2 is 2.09 bits per heavy atom. The molecular formula is C18H18ClF5N4O3S. The minimum atomic E-state index is -4.94. The molecule has 0 radical (unpaired) electrons. The first-order valence-electron chi connectivity index (χ1n) is 9.22. The van der Waals surface area contributed by atoms with Crippen LogP contribution >= 0.6 is 11.6 Å². The number of hydrogen-bond donors (Lipinski definition) is 0. The highest BCUT2D eigenvalue weighted by Gasteiger charge is 2.44. The zero-order valence-electron chi connectivity index (χ0n) is 16.8. The van der Waals surface area contributed by atoms with Gasteiger partial charge in [-0.3, -0.25) is 4.68 Å². The highest BCUT2D eigenvalue weighted by molar-refractivity contribution is 7.90. The molecule has 1 aliphatic carbocycles. The summed E-state index contributed by atoms with van der Waals surface area (Å²) in [6, 6.07) is 2.29. The molecule has 1 fully saturated rings. The number of rotatable bonds is 6. The first kappa shape index (κ1) is 24.4. The minimum absolute atomic E-state index is 0.0716. The molecule has 2 aromatic rings. The van der Waals surface area contributed by atoms with Gasteiger partial charge in [0.15, 0.2) is 20.0 Å². The van der Waals surface area contributed by atoms with Crippen molar-refractivity contribution in [3.05, 3.63) is 29.6 Å². The molecule has 1 atom stereocenters. The Hall–Kier alpha value is -2.28. The molecule has 1 aliphatic rings. The molecule has 32 heavy (non-hydrogen) atoms. The summed E-state index contributed by atoms with van der Waals surface area (Å²) in [6.45, 7) is -0.256. The third kappa shape index (κ3) is 5.37. The van der Waals surface area contributed by atoms with E-state index in [9.17, 15) is 30.4 Å². The van der Waals surface area contributed by atoms with Crippen molar-refractivity contribution < 1.29 is 35.1 Å². The SMILES string of the molecule is COc1nn(CC2CCC(F)(F)C2)c(C(Cl)=Nc2ccnc(S(C)(=O)=O)c2)c1C(F)(F)F. The molecule has 7 nitrogen and oxygen atoms in total. The van der Waals surface area contributed by atoms with Crippen LogP contribution in [0.25, 0.3) is 0 Å². The van der Waals surface area contributed by atoms with Crippen molar-refractivity contribution in [1.82, 2.24) is 14.8 Å². The Balaban J connectivity index is 2.10. The molecule has 2 aromatic heterocycles. The standard InChI is InChI=1S/C18H18ClF5N4O3S/c1-31-16-13(18(22,23)24)14(28(27-16)9-10-3-5-17(20,21)8-10)15(19)26-11-4-6-25-12(7-11)32(2,29)30/h4,6-7,10H,3,5,8-9H2,1-2H3. The van der Waals surface area contributed by atoms with Crippen LogP contribution in [0, 0.1) is 5.92 Å². The second kappa shape index (κ2) is 8.58. The largest absolute Gasteiger partial charge is 0.479 e. The Morgan fingerprint density at radius 3 is 2.62 bits per heavy atom. The molecule has 3 rings (SSSR count). The van der Waals surface area contributed by atoms with Gasteiger partial charge in [-0.2, -0.15) is 13.2 Å². The zero-order valence-corrected chi connectivity index (χ0v) is 18.4. The van der Waals surface area contributed by atoms with Crippen LogP contribution in [0.2, 0.25) is 0 Å². The number of hydrogen-bond acceptors (Lipinski definition) is 6. The average molecular weight is 501 g/mol. The highest BCUT2D eigenvalue weighted by Crippen LogP contribution is 2.42. The van der Waals surface area contributed by atoms with Crippen LogP contribution < -0.4 is 4.74 Å². The van der Waals surface area contributed by atoms with Crippen LogP contribution in [0.15, 0.2) is 28.3 Å². The first-order chi connectivity index (χ1) is 14.7. The number of sulfone groups is 1. The molecule has 0 bridgehead atoms. The van der Waals surface area contributed by atoms with Crippen molar-refractivity contribution in [3.63, 3.8) is 0 Å². The third-order valence-electron chi connectivity index (χ3n) is 4.85. The van der Waals surface area contributed by atoms with Gasteiger partial charge in [-0.1, -0.05) is 11.6 Å². The van der Waals surface area contributed by atoms with Gasteiger partial charge in [0.2, 0.25) is 11.8 Å². The van der Waals surface area contributed by atoms with Gasteiger partial charge >= 0.3 is 6.18 Å². The Morgan fingerprint density at radius 1 is 1.41 bits per heavy atom. The van der Waals surface area contributed by atoms with Crippen molar-refractivity contribution in [1.29, 1.82) is 0 Å². The van der Waals surface area contributed by atoms with Gasteiger partial charge in [0.25, 0.3) is 0 Å². The summed E-state index contributed by atoms with van der Waals surface area (Å²) in [5.74, 6) is -4.31. The topological polar surface area (TPSA) is 86.4 Å². The molecule has 176 valence electrons. The summed E-state index contributed by atoms with van der Waals surface area (Å²) in [6.07, 6.45) is -3.68. The van der Waals surface area contributed by atoms with Gasteiger partial charge in [0.1, 0.15) is 11.3 Å². The van der Waals surface area contributed by atoms with Gasteiger partial charge in [-0.05, 0) is 18.4 Å². The lowest BCUT2D eigenvalue weighted by Gasteiger charge is -2.14. The van der Waals surface area contributed by atoms with E-state index in [1.807, 2.05) is 0 Å². The van der Waals surface area contributed by atoms with Crippen LogP contribution in [0.1, 0.15) is 30.5 Å². The van der Waals surface area contributed by atoms with Gasteiger partial charge in [0, 0.05) is 37.9 Å². The Bertz CT molecular complexity index is 1150. The van der Waals surface area contributed by atoms with Crippen molar-refractivity contribution in [2.45, 2.75) is 42.9 Å². The van der Waals surface area contributed by atoms with E-state index in [2.05, 4.69) is 15.1 Å². The summed E-state index contributed by atoms with van der Waals surface area (Å²) < 4.78 is 97.6. The van der Waals surface area contributed by atoms with E-state index >= 15 is 0 Å². The fraction of sp³-hybridized carbons (Fsp3) is 0.500. The molecule has 0 spiro atoms. The monoisotopic (exact) mass is 500 g/mol.